The fraction of sp³-hybridized carbons (Fsp3) is 0.310. The first-order valence-corrected chi connectivity index (χ1v) is 18.5. The van der Waals surface area contributed by atoms with Crippen molar-refractivity contribution in [2.75, 3.05) is 16.0 Å². The van der Waals surface area contributed by atoms with E-state index in [9.17, 15) is 28.8 Å². The van der Waals surface area contributed by atoms with Crippen LogP contribution >= 0.6 is 0 Å². The summed E-state index contributed by atoms with van der Waals surface area (Å²) < 4.78 is 16.1. The van der Waals surface area contributed by atoms with E-state index in [-0.39, 0.29) is 63.5 Å². The Morgan fingerprint density at radius 1 is 0.491 bits per heavy atom. The van der Waals surface area contributed by atoms with Crippen LogP contribution in [-0.2, 0) is 14.4 Å². The summed E-state index contributed by atoms with van der Waals surface area (Å²) >= 11 is 0. The van der Waals surface area contributed by atoms with Crippen molar-refractivity contribution >= 4 is 53.0 Å². The Hall–Kier alpha value is -6.37. The minimum Gasteiger partial charge on any atom is -0.427 e. The van der Waals surface area contributed by atoms with Crippen LogP contribution in [0.15, 0.2) is 84.9 Å². The molecule has 2 saturated carbocycles. The van der Waals surface area contributed by atoms with Crippen LogP contribution < -0.4 is 30.2 Å². The van der Waals surface area contributed by atoms with E-state index in [0.29, 0.717) is 11.5 Å². The fourth-order valence-electron chi connectivity index (χ4n) is 6.58. The molecule has 3 amide bonds. The third kappa shape index (κ3) is 10.8. The molecule has 3 aromatic carbocycles. The first kappa shape index (κ1) is 38.4. The zero-order chi connectivity index (χ0) is 38.7. The van der Waals surface area contributed by atoms with Gasteiger partial charge in [0.1, 0.15) is 28.9 Å². The normalized spacial score (nSPS) is 14.6. The summed E-state index contributed by atoms with van der Waals surface area (Å²) in [5.41, 5.74) is 0.943. The summed E-state index contributed by atoms with van der Waals surface area (Å²) in [6, 6.07) is 21.0. The number of ether oxygens (including phenoxy) is 3. The van der Waals surface area contributed by atoms with Crippen LogP contribution in [0.2, 0.25) is 0 Å². The lowest BCUT2D eigenvalue weighted by molar-refractivity contribution is -0.140. The van der Waals surface area contributed by atoms with E-state index in [1.807, 2.05) is 0 Å². The fourth-order valence-corrected chi connectivity index (χ4v) is 6.58. The van der Waals surface area contributed by atoms with Gasteiger partial charge < -0.3 is 30.2 Å². The highest BCUT2D eigenvalue weighted by atomic mass is 16.5. The van der Waals surface area contributed by atoms with E-state index < -0.39 is 23.7 Å². The largest absolute Gasteiger partial charge is 0.427 e. The molecule has 55 heavy (non-hydrogen) atoms. The number of anilines is 3. The van der Waals surface area contributed by atoms with Crippen molar-refractivity contribution in [3.05, 3.63) is 102 Å². The molecule has 0 spiro atoms. The van der Waals surface area contributed by atoms with Gasteiger partial charge in [-0.1, -0.05) is 38.5 Å². The number of carbonyl (C=O) groups excluding carboxylic acids is 6. The molecule has 0 atom stereocenters. The molecule has 1 aromatic heterocycles. The maximum Gasteiger partial charge on any atom is 0.314 e. The summed E-state index contributed by atoms with van der Waals surface area (Å²) in [7, 11) is 0. The van der Waals surface area contributed by atoms with Gasteiger partial charge in [-0.2, -0.15) is 0 Å². The van der Waals surface area contributed by atoms with Crippen LogP contribution in [0.3, 0.4) is 0 Å². The summed E-state index contributed by atoms with van der Waals surface area (Å²) in [5, 5.41) is 8.14. The Bertz CT molecular complexity index is 1930. The van der Waals surface area contributed by atoms with Gasteiger partial charge in [0.2, 0.25) is 0 Å². The molecule has 0 unspecified atom stereocenters. The Kier molecular flexibility index (Phi) is 12.6. The highest BCUT2D eigenvalue weighted by Crippen LogP contribution is 2.28. The first-order valence-electron chi connectivity index (χ1n) is 18.5. The molecule has 13 nitrogen and oxygen atoms in total. The maximum atomic E-state index is 13.3. The molecule has 6 rings (SSSR count). The minimum absolute atomic E-state index is 0.0112. The van der Waals surface area contributed by atoms with Gasteiger partial charge in [0.25, 0.3) is 17.7 Å². The van der Waals surface area contributed by atoms with Gasteiger partial charge in [0, 0.05) is 41.4 Å². The Labute approximate surface area is 318 Å². The lowest BCUT2D eigenvalue weighted by atomic mass is 9.89. The van der Waals surface area contributed by atoms with Crippen molar-refractivity contribution in [1.82, 2.24) is 4.98 Å². The number of aromatic nitrogens is 1. The van der Waals surface area contributed by atoms with Gasteiger partial charge in [-0.25, -0.2) is 4.98 Å². The molecule has 2 aliphatic rings. The molecular weight excluding hydrogens is 704 g/mol. The summed E-state index contributed by atoms with van der Waals surface area (Å²) in [6.07, 6.45) is 9.47. The van der Waals surface area contributed by atoms with Crippen LogP contribution in [-0.4, -0.2) is 40.6 Å². The summed E-state index contributed by atoms with van der Waals surface area (Å²) in [6.45, 7) is 1.27. The first-order chi connectivity index (χ1) is 26.6. The number of benzene rings is 3. The van der Waals surface area contributed by atoms with Gasteiger partial charge in [0.05, 0.1) is 11.8 Å². The van der Waals surface area contributed by atoms with E-state index in [1.165, 1.54) is 67.6 Å². The second-order valence-electron chi connectivity index (χ2n) is 13.7. The third-order valence-electron chi connectivity index (χ3n) is 9.49. The monoisotopic (exact) mass is 746 g/mol. The number of pyridine rings is 1. The summed E-state index contributed by atoms with van der Waals surface area (Å²) in [4.78, 5) is 80.7. The van der Waals surface area contributed by atoms with Crippen molar-refractivity contribution in [2.45, 2.75) is 71.1 Å². The topological polar surface area (TPSA) is 179 Å². The molecular formula is C42H42N4O9. The Balaban J connectivity index is 1.16. The maximum absolute atomic E-state index is 13.3. The van der Waals surface area contributed by atoms with Crippen molar-refractivity contribution in [3.63, 3.8) is 0 Å². The predicted molar refractivity (Wildman–Crippen MR) is 203 cm³/mol. The number of carbonyl (C=O) groups is 6. The summed E-state index contributed by atoms with van der Waals surface area (Å²) in [5.74, 6) is -1.95. The molecule has 1 heterocycles. The van der Waals surface area contributed by atoms with Gasteiger partial charge in [-0.15, -0.1) is 0 Å². The van der Waals surface area contributed by atoms with Crippen LogP contribution in [0, 0.1) is 11.8 Å². The van der Waals surface area contributed by atoms with Crippen molar-refractivity contribution < 1.29 is 43.0 Å². The second kappa shape index (κ2) is 18.1. The number of esters is 3. The molecule has 13 heteroatoms. The number of hydrogen-bond acceptors (Lipinski definition) is 10. The highest BCUT2D eigenvalue weighted by Gasteiger charge is 2.24. The van der Waals surface area contributed by atoms with Crippen molar-refractivity contribution in [3.8, 4) is 17.2 Å². The van der Waals surface area contributed by atoms with Crippen molar-refractivity contribution in [2.24, 2.45) is 11.8 Å². The highest BCUT2D eigenvalue weighted by molar-refractivity contribution is 6.08. The number of nitrogens with one attached hydrogen (secondary N) is 3. The van der Waals surface area contributed by atoms with Gasteiger partial charge >= 0.3 is 17.9 Å². The Morgan fingerprint density at radius 2 is 0.836 bits per heavy atom. The van der Waals surface area contributed by atoms with E-state index in [2.05, 4.69) is 20.9 Å². The van der Waals surface area contributed by atoms with Crippen LogP contribution in [0.4, 0.5) is 17.3 Å². The lowest BCUT2D eigenvalue weighted by Crippen LogP contribution is -2.22. The van der Waals surface area contributed by atoms with E-state index in [1.54, 1.807) is 24.3 Å². The van der Waals surface area contributed by atoms with Crippen LogP contribution in [0.5, 0.6) is 17.2 Å². The molecule has 0 radical (unpaired) electrons. The van der Waals surface area contributed by atoms with Crippen LogP contribution in [0.1, 0.15) is 102 Å². The molecule has 2 aliphatic carbocycles. The third-order valence-corrected chi connectivity index (χ3v) is 9.49. The standard InChI is InChI=1S/C42H42N4O9/c1-26(47)53-33-18-12-28(13-19-33)39(49)45-36-24-32(43-38(48)27-14-20-34(21-15-27)54-41(51)30-8-4-2-5-9-30)25-37(44-36)46-40(50)29-16-22-35(23-17-29)55-42(52)31-10-6-3-7-11-31/h12-25,30-31H,2-11H2,1H3,(H3,43,44,45,46,48,49,50). The molecule has 284 valence electrons. The van der Waals surface area contributed by atoms with Gasteiger partial charge in [-0.3, -0.25) is 28.8 Å². The van der Waals surface area contributed by atoms with E-state index in [4.69, 9.17) is 14.2 Å². The lowest BCUT2D eigenvalue weighted by Gasteiger charge is -2.19. The Morgan fingerprint density at radius 3 is 1.20 bits per heavy atom. The van der Waals surface area contributed by atoms with E-state index >= 15 is 0 Å². The molecule has 3 N–H and O–H groups in total. The molecule has 0 aliphatic heterocycles. The zero-order valence-corrected chi connectivity index (χ0v) is 30.4. The number of rotatable bonds is 11. The zero-order valence-electron chi connectivity index (χ0n) is 30.4. The average molecular weight is 747 g/mol. The molecule has 0 saturated heterocycles. The molecule has 0 bridgehead atoms. The number of hydrogen-bond donors (Lipinski definition) is 3. The van der Waals surface area contributed by atoms with Gasteiger partial charge in [-0.05, 0) is 98.5 Å². The average Bonchev–Trinajstić information content (AvgIpc) is 3.19. The van der Waals surface area contributed by atoms with Crippen LogP contribution in [0.25, 0.3) is 0 Å². The van der Waals surface area contributed by atoms with E-state index in [0.717, 1.165) is 64.2 Å². The predicted octanol–water partition coefficient (Wildman–Crippen LogP) is 7.74. The molecule has 2 fully saturated rings. The smallest absolute Gasteiger partial charge is 0.314 e. The van der Waals surface area contributed by atoms with Crippen molar-refractivity contribution in [1.29, 1.82) is 0 Å². The second-order valence-corrected chi connectivity index (χ2v) is 13.7. The minimum atomic E-state index is -0.556. The molecule has 4 aromatic rings. The van der Waals surface area contributed by atoms with Gasteiger partial charge in [0.15, 0.2) is 0 Å². The number of amides is 3. The number of nitrogens with zero attached hydrogens (tertiary/aromatic N) is 1. The quantitative estimate of drug-likeness (QED) is 0.102. The SMILES string of the molecule is CC(=O)Oc1ccc(C(=O)Nc2cc(NC(=O)c3ccc(OC(=O)C4CCCCC4)cc3)cc(NC(=O)c3ccc(OC(=O)C4CCCCC4)cc3)n2)cc1.